The average Bonchev–Trinajstić information content (AvgIpc) is 2.96. The van der Waals surface area contributed by atoms with Crippen LogP contribution >= 0.6 is 0 Å². The fourth-order valence-corrected chi connectivity index (χ4v) is 2.06. The number of imidazole rings is 1. The maximum atomic E-state index is 4.52. The number of anilines is 2. The Bertz CT molecular complexity index is 706. The third-order valence-corrected chi connectivity index (χ3v) is 3.11. The molecule has 1 atom stereocenters. The van der Waals surface area contributed by atoms with Crippen molar-refractivity contribution in [1.82, 2.24) is 19.4 Å². The number of aromatic nitrogens is 4. The molecule has 0 fully saturated rings. The molecule has 0 aromatic carbocycles. The molecule has 0 saturated heterocycles. The van der Waals surface area contributed by atoms with Gasteiger partial charge in [0.1, 0.15) is 5.82 Å². The van der Waals surface area contributed by atoms with Gasteiger partial charge in [0, 0.05) is 25.6 Å². The molecule has 20 heavy (non-hydrogen) atoms. The highest BCUT2D eigenvalue weighted by molar-refractivity contribution is 5.65. The minimum atomic E-state index is 0.0521. The summed E-state index contributed by atoms with van der Waals surface area (Å²) < 4.78 is 1.94. The minimum absolute atomic E-state index is 0.0521. The van der Waals surface area contributed by atoms with Crippen molar-refractivity contribution in [2.24, 2.45) is 0 Å². The molecule has 0 bridgehead atoms. The van der Waals surface area contributed by atoms with Gasteiger partial charge in [-0.25, -0.2) is 9.97 Å². The Morgan fingerprint density at radius 2 is 2.10 bits per heavy atom. The fraction of sp³-hybridized carbons (Fsp3) is 0.214. The summed E-state index contributed by atoms with van der Waals surface area (Å²) in [6, 6.07) is 5.92. The smallest absolute Gasteiger partial charge is 0.180 e. The summed E-state index contributed by atoms with van der Waals surface area (Å²) in [7, 11) is 1.84. The van der Waals surface area contributed by atoms with Crippen LogP contribution in [0.25, 0.3) is 5.65 Å². The maximum absolute atomic E-state index is 4.52. The molecule has 102 valence electrons. The Balaban J connectivity index is 1.95. The quantitative estimate of drug-likeness (QED) is 0.760. The first-order valence-electron chi connectivity index (χ1n) is 6.47. The standard InChI is InChI=1S/C14H16N6/c1-10(11-5-3-4-6-16-11)18-13-14-17-7-8-20(14)9-12(15-2)19-13/h3-10,15H,1-2H3,(H,18,19). The van der Waals surface area contributed by atoms with E-state index in [0.29, 0.717) is 0 Å². The molecular weight excluding hydrogens is 252 g/mol. The van der Waals surface area contributed by atoms with Gasteiger partial charge in [-0.05, 0) is 19.1 Å². The second-order valence-electron chi connectivity index (χ2n) is 4.50. The molecule has 0 aliphatic heterocycles. The van der Waals surface area contributed by atoms with Gasteiger partial charge in [0.05, 0.1) is 17.9 Å². The number of nitrogens with one attached hydrogen (secondary N) is 2. The van der Waals surface area contributed by atoms with E-state index in [-0.39, 0.29) is 6.04 Å². The van der Waals surface area contributed by atoms with Crippen LogP contribution in [0.4, 0.5) is 11.6 Å². The predicted molar refractivity (Wildman–Crippen MR) is 78.8 cm³/mol. The van der Waals surface area contributed by atoms with E-state index >= 15 is 0 Å². The zero-order chi connectivity index (χ0) is 13.9. The Morgan fingerprint density at radius 3 is 2.85 bits per heavy atom. The van der Waals surface area contributed by atoms with Crippen molar-refractivity contribution in [3.8, 4) is 0 Å². The van der Waals surface area contributed by atoms with Gasteiger partial charge in [-0.15, -0.1) is 0 Å². The van der Waals surface area contributed by atoms with Gasteiger partial charge < -0.3 is 15.0 Å². The van der Waals surface area contributed by atoms with E-state index in [2.05, 4.69) is 32.5 Å². The Hall–Kier alpha value is -2.63. The fourth-order valence-electron chi connectivity index (χ4n) is 2.06. The molecule has 3 aromatic rings. The van der Waals surface area contributed by atoms with Crippen LogP contribution in [0.15, 0.2) is 43.0 Å². The van der Waals surface area contributed by atoms with Gasteiger partial charge in [-0.2, -0.15) is 0 Å². The van der Waals surface area contributed by atoms with Crippen molar-refractivity contribution in [3.63, 3.8) is 0 Å². The van der Waals surface area contributed by atoms with Crippen molar-refractivity contribution in [2.45, 2.75) is 13.0 Å². The molecule has 0 aliphatic rings. The molecule has 2 N–H and O–H groups in total. The van der Waals surface area contributed by atoms with E-state index in [9.17, 15) is 0 Å². The maximum Gasteiger partial charge on any atom is 0.180 e. The molecule has 3 aromatic heterocycles. The summed E-state index contributed by atoms with van der Waals surface area (Å²) in [6.45, 7) is 2.05. The first kappa shape index (κ1) is 12.4. The normalized spacial score (nSPS) is 12.3. The highest BCUT2D eigenvalue weighted by Gasteiger charge is 2.12. The van der Waals surface area contributed by atoms with Crippen molar-refractivity contribution in [3.05, 3.63) is 48.7 Å². The number of nitrogens with zero attached hydrogens (tertiary/aromatic N) is 4. The van der Waals surface area contributed by atoms with E-state index in [1.54, 1.807) is 12.4 Å². The number of rotatable bonds is 4. The molecule has 3 heterocycles. The van der Waals surface area contributed by atoms with Crippen molar-refractivity contribution >= 4 is 17.3 Å². The van der Waals surface area contributed by atoms with Crippen LogP contribution in [0.3, 0.4) is 0 Å². The zero-order valence-electron chi connectivity index (χ0n) is 11.4. The topological polar surface area (TPSA) is 67.1 Å². The molecule has 0 radical (unpaired) electrons. The lowest BCUT2D eigenvalue weighted by Crippen LogP contribution is -2.11. The molecule has 0 aliphatic carbocycles. The number of fused-ring (bicyclic) bond motifs is 1. The van der Waals surface area contributed by atoms with Crippen molar-refractivity contribution in [1.29, 1.82) is 0 Å². The monoisotopic (exact) mass is 268 g/mol. The van der Waals surface area contributed by atoms with Crippen LogP contribution in [0.1, 0.15) is 18.7 Å². The Labute approximate surface area is 116 Å². The second-order valence-corrected chi connectivity index (χ2v) is 4.50. The van der Waals surface area contributed by atoms with Crippen molar-refractivity contribution < 1.29 is 0 Å². The molecule has 0 spiro atoms. The first-order valence-corrected chi connectivity index (χ1v) is 6.47. The Kier molecular flexibility index (Phi) is 3.20. The SMILES string of the molecule is CNc1cn2ccnc2c(NC(C)c2ccccn2)n1. The lowest BCUT2D eigenvalue weighted by Gasteiger charge is -2.15. The Morgan fingerprint density at radius 1 is 1.20 bits per heavy atom. The minimum Gasteiger partial charge on any atom is -0.372 e. The highest BCUT2D eigenvalue weighted by Crippen LogP contribution is 2.21. The molecule has 0 saturated carbocycles. The molecule has 6 heteroatoms. The summed E-state index contributed by atoms with van der Waals surface area (Å²) in [5.74, 6) is 1.52. The zero-order valence-corrected chi connectivity index (χ0v) is 11.4. The van der Waals surface area contributed by atoms with E-state index in [4.69, 9.17) is 0 Å². The van der Waals surface area contributed by atoms with Crippen LogP contribution in [-0.2, 0) is 0 Å². The van der Waals surface area contributed by atoms with E-state index in [1.165, 1.54) is 0 Å². The third kappa shape index (κ3) is 2.27. The summed E-state index contributed by atoms with van der Waals surface area (Å²) in [4.78, 5) is 13.2. The summed E-state index contributed by atoms with van der Waals surface area (Å²) in [5, 5.41) is 6.41. The summed E-state index contributed by atoms with van der Waals surface area (Å²) in [5.41, 5.74) is 1.76. The van der Waals surface area contributed by atoms with Gasteiger partial charge >= 0.3 is 0 Å². The molecule has 3 rings (SSSR count). The second kappa shape index (κ2) is 5.16. The average molecular weight is 268 g/mol. The lowest BCUT2D eigenvalue weighted by atomic mass is 10.2. The van der Waals surface area contributed by atoms with E-state index in [0.717, 1.165) is 23.0 Å². The van der Waals surface area contributed by atoms with E-state index < -0.39 is 0 Å². The molecule has 1 unspecified atom stereocenters. The largest absolute Gasteiger partial charge is 0.372 e. The summed E-state index contributed by atoms with van der Waals surface area (Å²) in [6.07, 6.45) is 7.34. The van der Waals surface area contributed by atoms with E-state index in [1.807, 2.05) is 42.0 Å². The molecular formula is C14H16N6. The van der Waals surface area contributed by atoms with Gasteiger partial charge in [-0.3, -0.25) is 4.98 Å². The van der Waals surface area contributed by atoms with Crippen molar-refractivity contribution in [2.75, 3.05) is 17.7 Å². The van der Waals surface area contributed by atoms with Gasteiger partial charge in [0.2, 0.25) is 0 Å². The molecule has 0 amide bonds. The van der Waals surface area contributed by atoms with Crippen LogP contribution in [0.5, 0.6) is 0 Å². The van der Waals surface area contributed by atoms with Gasteiger partial charge in [0.15, 0.2) is 11.5 Å². The predicted octanol–water partition coefficient (Wildman–Crippen LogP) is 2.34. The number of hydrogen-bond donors (Lipinski definition) is 2. The van der Waals surface area contributed by atoms with Gasteiger partial charge in [0.25, 0.3) is 0 Å². The third-order valence-electron chi connectivity index (χ3n) is 3.11. The lowest BCUT2D eigenvalue weighted by molar-refractivity contribution is 0.831. The van der Waals surface area contributed by atoms with Crippen LogP contribution in [0.2, 0.25) is 0 Å². The highest BCUT2D eigenvalue weighted by atomic mass is 15.1. The first-order chi connectivity index (χ1) is 9.78. The van der Waals surface area contributed by atoms with Crippen LogP contribution < -0.4 is 10.6 Å². The van der Waals surface area contributed by atoms with Crippen LogP contribution in [0, 0.1) is 0 Å². The number of hydrogen-bond acceptors (Lipinski definition) is 5. The summed E-state index contributed by atoms with van der Waals surface area (Å²) >= 11 is 0. The molecule has 6 nitrogen and oxygen atoms in total. The van der Waals surface area contributed by atoms with Crippen LogP contribution in [-0.4, -0.2) is 26.4 Å². The number of pyridine rings is 1. The van der Waals surface area contributed by atoms with Gasteiger partial charge in [-0.1, -0.05) is 6.07 Å².